The Morgan fingerprint density at radius 3 is 2.58 bits per heavy atom. The number of amides is 1. The van der Waals surface area contributed by atoms with Gasteiger partial charge in [0, 0.05) is 31.2 Å². The minimum absolute atomic E-state index is 0.0981. The third kappa shape index (κ3) is 4.34. The number of hydrogen-bond donors (Lipinski definition) is 2. The molecule has 0 unspecified atom stereocenters. The standard InChI is InChI=1S/C21H27NO3S/c23-13-9-17(19-7-4-16-26-19)8-12-22-20(24)21(10-14-25-15-11-21)18-5-2-1-3-6-18/h1-7,16-17,23H,8-15H2,(H,22,24)/t17-/m0/s1. The van der Waals surface area contributed by atoms with Crippen LogP contribution in [0.1, 0.15) is 42.0 Å². The Bertz CT molecular complexity index is 666. The lowest BCUT2D eigenvalue weighted by Gasteiger charge is -2.36. The molecule has 0 radical (unpaired) electrons. The van der Waals surface area contributed by atoms with Gasteiger partial charge in [-0.3, -0.25) is 4.79 Å². The normalized spacial score (nSPS) is 17.6. The van der Waals surface area contributed by atoms with Gasteiger partial charge in [-0.2, -0.15) is 0 Å². The van der Waals surface area contributed by atoms with Gasteiger partial charge in [0.15, 0.2) is 0 Å². The van der Waals surface area contributed by atoms with Gasteiger partial charge in [0.25, 0.3) is 0 Å². The van der Waals surface area contributed by atoms with E-state index in [-0.39, 0.29) is 12.5 Å². The van der Waals surface area contributed by atoms with Crippen molar-refractivity contribution in [2.75, 3.05) is 26.4 Å². The van der Waals surface area contributed by atoms with Gasteiger partial charge in [0.1, 0.15) is 0 Å². The van der Waals surface area contributed by atoms with Gasteiger partial charge in [0.2, 0.25) is 5.91 Å². The van der Waals surface area contributed by atoms with Crippen molar-refractivity contribution in [3.05, 3.63) is 58.3 Å². The van der Waals surface area contributed by atoms with Gasteiger partial charge in [-0.05, 0) is 48.6 Å². The maximum Gasteiger partial charge on any atom is 0.230 e. The number of aliphatic hydroxyl groups is 1. The van der Waals surface area contributed by atoms with Gasteiger partial charge < -0.3 is 15.2 Å². The van der Waals surface area contributed by atoms with E-state index in [4.69, 9.17) is 4.74 Å². The zero-order valence-electron chi connectivity index (χ0n) is 15.0. The maximum atomic E-state index is 13.1. The summed E-state index contributed by atoms with van der Waals surface area (Å²) in [5.41, 5.74) is 0.584. The van der Waals surface area contributed by atoms with Crippen LogP contribution in [0.4, 0.5) is 0 Å². The molecule has 0 saturated carbocycles. The number of hydrogen-bond acceptors (Lipinski definition) is 4. The van der Waals surface area contributed by atoms with Crippen LogP contribution in [0.5, 0.6) is 0 Å². The third-order valence-corrected chi connectivity index (χ3v) is 6.34. The molecule has 1 aromatic carbocycles. The Kier molecular flexibility index (Phi) is 6.83. The highest BCUT2D eigenvalue weighted by molar-refractivity contribution is 7.10. The maximum absolute atomic E-state index is 13.1. The van der Waals surface area contributed by atoms with Crippen molar-refractivity contribution >= 4 is 17.2 Å². The van der Waals surface area contributed by atoms with Crippen LogP contribution in [-0.4, -0.2) is 37.4 Å². The first kappa shape index (κ1) is 19.1. The molecule has 3 rings (SSSR count). The molecule has 1 aromatic heterocycles. The summed E-state index contributed by atoms with van der Waals surface area (Å²) < 4.78 is 5.51. The van der Waals surface area contributed by atoms with Crippen molar-refractivity contribution < 1.29 is 14.6 Å². The highest BCUT2D eigenvalue weighted by Crippen LogP contribution is 2.35. The van der Waals surface area contributed by atoms with Gasteiger partial charge in [-0.25, -0.2) is 0 Å². The Balaban J connectivity index is 1.65. The van der Waals surface area contributed by atoms with Gasteiger partial charge >= 0.3 is 0 Å². The van der Waals surface area contributed by atoms with Crippen molar-refractivity contribution in [3.8, 4) is 0 Å². The highest BCUT2D eigenvalue weighted by atomic mass is 32.1. The molecule has 0 bridgehead atoms. The summed E-state index contributed by atoms with van der Waals surface area (Å²) in [6, 6.07) is 14.2. The lowest BCUT2D eigenvalue weighted by atomic mass is 9.73. The van der Waals surface area contributed by atoms with E-state index >= 15 is 0 Å². The van der Waals surface area contributed by atoms with Crippen molar-refractivity contribution in [3.63, 3.8) is 0 Å². The van der Waals surface area contributed by atoms with E-state index in [0.29, 0.717) is 38.5 Å². The molecular weight excluding hydrogens is 346 g/mol. The Morgan fingerprint density at radius 2 is 1.92 bits per heavy atom. The predicted molar refractivity (Wildman–Crippen MR) is 105 cm³/mol. The first-order valence-corrected chi connectivity index (χ1v) is 10.2. The summed E-state index contributed by atoms with van der Waals surface area (Å²) in [7, 11) is 0. The molecular formula is C21H27NO3S. The largest absolute Gasteiger partial charge is 0.396 e. The molecule has 2 N–H and O–H groups in total. The summed E-state index contributed by atoms with van der Waals surface area (Å²) in [6.07, 6.45) is 3.00. The van der Waals surface area contributed by atoms with E-state index in [0.717, 1.165) is 18.4 Å². The molecule has 4 nitrogen and oxygen atoms in total. The topological polar surface area (TPSA) is 58.6 Å². The smallest absolute Gasteiger partial charge is 0.230 e. The van der Waals surface area contributed by atoms with Crippen molar-refractivity contribution in [2.24, 2.45) is 0 Å². The van der Waals surface area contributed by atoms with Gasteiger partial charge in [0.05, 0.1) is 5.41 Å². The molecule has 2 heterocycles. The Morgan fingerprint density at radius 1 is 1.15 bits per heavy atom. The van der Waals surface area contributed by atoms with Gasteiger partial charge in [-0.1, -0.05) is 36.4 Å². The average molecular weight is 374 g/mol. The van der Waals surface area contributed by atoms with Crippen molar-refractivity contribution in [2.45, 2.75) is 37.0 Å². The summed E-state index contributed by atoms with van der Waals surface area (Å²) in [5.74, 6) is 0.392. The fraction of sp³-hybridized carbons (Fsp3) is 0.476. The fourth-order valence-corrected chi connectivity index (χ4v) is 4.66. The molecule has 1 saturated heterocycles. The number of carbonyl (C=O) groups is 1. The first-order valence-electron chi connectivity index (χ1n) is 9.32. The van der Waals surface area contributed by atoms with Crippen molar-refractivity contribution in [1.82, 2.24) is 5.32 Å². The molecule has 0 aliphatic carbocycles. The second kappa shape index (κ2) is 9.31. The molecule has 0 spiro atoms. The zero-order chi connectivity index (χ0) is 18.2. The van der Waals surface area contributed by atoms with E-state index in [1.54, 1.807) is 11.3 Å². The predicted octanol–water partition coefficient (Wildman–Crippen LogP) is 3.47. The quantitative estimate of drug-likeness (QED) is 0.745. The molecule has 1 aliphatic rings. The van der Waals surface area contributed by atoms with Crippen LogP contribution in [-0.2, 0) is 14.9 Å². The minimum atomic E-state index is -0.491. The average Bonchev–Trinajstić information content (AvgIpc) is 3.23. The number of rotatable bonds is 8. The minimum Gasteiger partial charge on any atom is -0.396 e. The van der Waals surface area contributed by atoms with Crippen LogP contribution in [0.25, 0.3) is 0 Å². The molecule has 1 fully saturated rings. The van der Waals surface area contributed by atoms with Crippen LogP contribution in [0.3, 0.4) is 0 Å². The van der Waals surface area contributed by atoms with Crippen LogP contribution in [0.2, 0.25) is 0 Å². The Labute approximate surface area is 159 Å². The van der Waals surface area contributed by atoms with E-state index in [1.165, 1.54) is 4.88 Å². The van der Waals surface area contributed by atoms with E-state index in [1.807, 2.05) is 36.4 Å². The van der Waals surface area contributed by atoms with E-state index < -0.39 is 5.41 Å². The lowest BCUT2D eigenvalue weighted by molar-refractivity contribution is -0.130. The van der Waals surface area contributed by atoms with E-state index in [2.05, 4.69) is 16.8 Å². The summed E-state index contributed by atoms with van der Waals surface area (Å²) >= 11 is 1.71. The van der Waals surface area contributed by atoms with Crippen molar-refractivity contribution in [1.29, 1.82) is 0 Å². The molecule has 1 atom stereocenters. The van der Waals surface area contributed by atoms with Crippen LogP contribution < -0.4 is 5.32 Å². The zero-order valence-corrected chi connectivity index (χ0v) is 15.8. The van der Waals surface area contributed by atoms with Crippen LogP contribution in [0.15, 0.2) is 47.8 Å². The molecule has 26 heavy (non-hydrogen) atoms. The number of thiophene rings is 1. The van der Waals surface area contributed by atoms with Crippen LogP contribution in [0, 0.1) is 0 Å². The fourth-order valence-electron chi connectivity index (χ4n) is 3.76. The number of ether oxygens (including phenoxy) is 1. The number of carbonyl (C=O) groups excluding carboxylic acids is 1. The number of nitrogens with one attached hydrogen (secondary N) is 1. The SMILES string of the molecule is O=C(NCC[C@@H](CCO)c1cccs1)C1(c2ccccc2)CCOCC1. The van der Waals surface area contributed by atoms with Crippen LogP contribution >= 0.6 is 11.3 Å². The molecule has 5 heteroatoms. The van der Waals surface area contributed by atoms with E-state index in [9.17, 15) is 9.90 Å². The summed E-state index contributed by atoms with van der Waals surface area (Å²) in [5, 5.41) is 14.6. The number of aliphatic hydroxyl groups excluding tert-OH is 1. The third-order valence-electron chi connectivity index (χ3n) is 5.31. The second-order valence-electron chi connectivity index (χ2n) is 6.83. The summed E-state index contributed by atoms with van der Waals surface area (Å²) in [4.78, 5) is 14.4. The number of benzene rings is 1. The molecule has 1 aliphatic heterocycles. The summed E-state index contributed by atoms with van der Waals surface area (Å²) in [6.45, 7) is 2.02. The Hall–Kier alpha value is -1.69. The van der Waals surface area contributed by atoms with Gasteiger partial charge in [-0.15, -0.1) is 11.3 Å². The monoisotopic (exact) mass is 373 g/mol. The first-order chi connectivity index (χ1) is 12.8. The molecule has 140 valence electrons. The second-order valence-corrected chi connectivity index (χ2v) is 7.81. The molecule has 2 aromatic rings. The lowest BCUT2D eigenvalue weighted by Crippen LogP contribution is -2.48. The molecule has 1 amide bonds. The highest BCUT2D eigenvalue weighted by Gasteiger charge is 2.41.